The van der Waals surface area contributed by atoms with Gasteiger partial charge in [-0.2, -0.15) is 0 Å². The Morgan fingerprint density at radius 1 is 1.39 bits per heavy atom. The van der Waals surface area contributed by atoms with E-state index in [4.69, 9.17) is 5.73 Å². The van der Waals surface area contributed by atoms with Gasteiger partial charge in [-0.15, -0.1) is 0 Å². The Labute approximate surface area is 103 Å². The van der Waals surface area contributed by atoms with Crippen molar-refractivity contribution in [3.05, 3.63) is 21.6 Å². The Kier molecular flexibility index (Phi) is 2.55. The largest absolute Gasteiger partial charge is 0.346 e. The number of nitrogens with two attached hydrogens (primary N) is 1. The number of aromatic amines is 1. The molecule has 96 valence electrons. The van der Waals surface area contributed by atoms with Crippen LogP contribution in [-0.4, -0.2) is 35.0 Å². The van der Waals surface area contributed by atoms with E-state index in [1.807, 2.05) is 4.90 Å². The highest BCUT2D eigenvalue weighted by Gasteiger charge is 2.27. The Hall–Kier alpha value is -1.89. The molecule has 2 aliphatic rings. The smallest absolute Gasteiger partial charge is 0.265 e. The molecule has 0 aromatic carbocycles. The fourth-order valence-electron chi connectivity index (χ4n) is 2.47. The van der Waals surface area contributed by atoms with Crippen LogP contribution in [0, 0.1) is 0 Å². The van der Waals surface area contributed by atoms with Gasteiger partial charge in [0.15, 0.2) is 0 Å². The summed E-state index contributed by atoms with van der Waals surface area (Å²) in [7, 11) is 0. The molecule has 1 saturated heterocycles. The van der Waals surface area contributed by atoms with Gasteiger partial charge in [-0.05, 0) is 12.8 Å². The first-order chi connectivity index (χ1) is 8.65. The molecule has 7 nitrogen and oxygen atoms in total. The van der Waals surface area contributed by atoms with E-state index in [0.717, 1.165) is 19.4 Å². The van der Waals surface area contributed by atoms with Crippen molar-refractivity contribution in [2.24, 2.45) is 5.73 Å². The lowest BCUT2D eigenvalue weighted by atomic mass is 10.1. The Bertz CT molecular complexity index is 553. The minimum absolute atomic E-state index is 0.108. The van der Waals surface area contributed by atoms with Gasteiger partial charge in [-0.1, -0.05) is 0 Å². The third kappa shape index (κ3) is 1.76. The van der Waals surface area contributed by atoms with Crippen LogP contribution in [-0.2, 0) is 6.54 Å². The normalized spacial score (nSPS) is 22.8. The van der Waals surface area contributed by atoms with E-state index < -0.39 is 0 Å². The summed E-state index contributed by atoms with van der Waals surface area (Å²) >= 11 is 0. The van der Waals surface area contributed by atoms with Gasteiger partial charge in [-0.25, -0.2) is 4.98 Å². The number of aromatic nitrogens is 2. The van der Waals surface area contributed by atoms with Crippen molar-refractivity contribution in [1.82, 2.24) is 15.3 Å². The van der Waals surface area contributed by atoms with Gasteiger partial charge in [0, 0.05) is 19.1 Å². The Balaban J connectivity index is 1.97. The SMILES string of the molecule is NC1CCCN(c2nc3c(c(=O)[nH]2)C(=O)NC3)C1. The number of piperidine rings is 1. The number of carbonyl (C=O) groups is 1. The quantitative estimate of drug-likeness (QED) is 0.588. The van der Waals surface area contributed by atoms with Crippen molar-refractivity contribution in [2.45, 2.75) is 25.4 Å². The molecular weight excluding hydrogens is 234 g/mol. The Morgan fingerprint density at radius 2 is 2.22 bits per heavy atom. The molecule has 4 N–H and O–H groups in total. The van der Waals surface area contributed by atoms with Crippen LogP contribution >= 0.6 is 0 Å². The van der Waals surface area contributed by atoms with E-state index in [1.54, 1.807) is 0 Å². The van der Waals surface area contributed by atoms with Crippen molar-refractivity contribution in [3.63, 3.8) is 0 Å². The molecular formula is C11H15N5O2. The molecule has 18 heavy (non-hydrogen) atoms. The highest BCUT2D eigenvalue weighted by molar-refractivity contribution is 5.97. The van der Waals surface area contributed by atoms with E-state index >= 15 is 0 Å². The predicted molar refractivity (Wildman–Crippen MR) is 65.5 cm³/mol. The van der Waals surface area contributed by atoms with Gasteiger partial charge < -0.3 is 16.0 Å². The molecule has 0 saturated carbocycles. The summed E-state index contributed by atoms with van der Waals surface area (Å²) < 4.78 is 0. The number of nitrogens with zero attached hydrogens (tertiary/aromatic N) is 2. The lowest BCUT2D eigenvalue weighted by Crippen LogP contribution is -2.44. The van der Waals surface area contributed by atoms with E-state index in [0.29, 0.717) is 24.7 Å². The standard InChI is InChI=1S/C11H15N5O2/c12-6-2-1-3-16(5-6)11-14-7-4-13-9(17)8(7)10(18)15-11/h6H,1-5,12H2,(H,13,17)(H,14,15,18). The van der Waals surface area contributed by atoms with Crippen molar-refractivity contribution >= 4 is 11.9 Å². The average Bonchev–Trinajstić information content (AvgIpc) is 2.71. The van der Waals surface area contributed by atoms with Gasteiger partial charge in [0.05, 0.1) is 12.2 Å². The summed E-state index contributed by atoms with van der Waals surface area (Å²) in [4.78, 5) is 32.3. The molecule has 3 rings (SSSR count). The van der Waals surface area contributed by atoms with Crippen LogP contribution in [0.15, 0.2) is 4.79 Å². The summed E-state index contributed by atoms with van der Waals surface area (Å²) in [5.74, 6) is 0.172. The summed E-state index contributed by atoms with van der Waals surface area (Å²) in [6.45, 7) is 1.84. The van der Waals surface area contributed by atoms with Gasteiger partial charge in [0.2, 0.25) is 5.95 Å². The maximum absolute atomic E-state index is 11.9. The number of rotatable bonds is 1. The number of anilines is 1. The summed E-state index contributed by atoms with van der Waals surface area (Å²) in [5.41, 5.74) is 6.20. The van der Waals surface area contributed by atoms with Crippen LogP contribution < -0.4 is 21.5 Å². The zero-order chi connectivity index (χ0) is 12.7. The van der Waals surface area contributed by atoms with Gasteiger partial charge >= 0.3 is 0 Å². The molecule has 3 heterocycles. The number of fused-ring (bicyclic) bond motifs is 1. The fourth-order valence-corrected chi connectivity index (χ4v) is 2.47. The van der Waals surface area contributed by atoms with Crippen molar-refractivity contribution in [3.8, 4) is 0 Å². The van der Waals surface area contributed by atoms with Crippen LogP contribution in [0.3, 0.4) is 0 Å². The molecule has 7 heteroatoms. The maximum Gasteiger partial charge on any atom is 0.265 e. The molecule has 1 aromatic heterocycles. The number of carbonyl (C=O) groups excluding carboxylic acids is 1. The zero-order valence-corrected chi connectivity index (χ0v) is 9.90. The fraction of sp³-hybridized carbons (Fsp3) is 0.545. The zero-order valence-electron chi connectivity index (χ0n) is 9.90. The second-order valence-corrected chi connectivity index (χ2v) is 4.74. The number of nitrogens with one attached hydrogen (secondary N) is 2. The number of amides is 1. The molecule has 1 atom stereocenters. The minimum atomic E-state index is -0.371. The van der Waals surface area contributed by atoms with Crippen LogP contribution in [0.5, 0.6) is 0 Å². The molecule has 1 amide bonds. The molecule has 0 spiro atoms. The second kappa shape index (κ2) is 4.09. The van der Waals surface area contributed by atoms with E-state index in [-0.39, 0.29) is 23.1 Å². The van der Waals surface area contributed by atoms with Gasteiger partial charge in [0.25, 0.3) is 11.5 Å². The predicted octanol–water partition coefficient (Wildman–Crippen LogP) is -1.06. The number of hydrogen-bond donors (Lipinski definition) is 3. The highest BCUT2D eigenvalue weighted by Crippen LogP contribution is 2.16. The van der Waals surface area contributed by atoms with E-state index in [1.165, 1.54) is 0 Å². The maximum atomic E-state index is 11.9. The first kappa shape index (κ1) is 11.2. The monoisotopic (exact) mass is 249 g/mol. The Morgan fingerprint density at radius 3 is 3.00 bits per heavy atom. The third-order valence-electron chi connectivity index (χ3n) is 3.38. The summed E-state index contributed by atoms with van der Waals surface area (Å²) in [6.07, 6.45) is 1.98. The van der Waals surface area contributed by atoms with E-state index in [9.17, 15) is 9.59 Å². The molecule has 0 bridgehead atoms. The number of H-pyrrole nitrogens is 1. The van der Waals surface area contributed by atoms with Crippen LogP contribution in [0.4, 0.5) is 5.95 Å². The highest BCUT2D eigenvalue weighted by atomic mass is 16.2. The van der Waals surface area contributed by atoms with Gasteiger partial charge in [0.1, 0.15) is 5.56 Å². The van der Waals surface area contributed by atoms with Gasteiger partial charge in [-0.3, -0.25) is 14.6 Å². The van der Waals surface area contributed by atoms with Crippen LogP contribution in [0.2, 0.25) is 0 Å². The number of hydrogen-bond acceptors (Lipinski definition) is 5. The van der Waals surface area contributed by atoms with E-state index in [2.05, 4.69) is 15.3 Å². The molecule has 2 aliphatic heterocycles. The lowest BCUT2D eigenvalue weighted by Gasteiger charge is -2.31. The third-order valence-corrected chi connectivity index (χ3v) is 3.38. The topological polar surface area (TPSA) is 104 Å². The summed E-state index contributed by atoms with van der Waals surface area (Å²) in [5, 5.41) is 2.60. The molecule has 0 aliphatic carbocycles. The van der Waals surface area contributed by atoms with Crippen molar-refractivity contribution in [1.29, 1.82) is 0 Å². The van der Waals surface area contributed by atoms with Crippen molar-refractivity contribution < 1.29 is 4.79 Å². The first-order valence-corrected chi connectivity index (χ1v) is 6.07. The molecule has 1 unspecified atom stereocenters. The van der Waals surface area contributed by atoms with Crippen molar-refractivity contribution in [2.75, 3.05) is 18.0 Å². The second-order valence-electron chi connectivity index (χ2n) is 4.74. The molecule has 0 radical (unpaired) electrons. The first-order valence-electron chi connectivity index (χ1n) is 6.07. The van der Waals surface area contributed by atoms with Crippen LogP contribution in [0.1, 0.15) is 28.9 Å². The lowest BCUT2D eigenvalue weighted by molar-refractivity contribution is 0.0964. The molecule has 1 fully saturated rings. The average molecular weight is 249 g/mol. The molecule has 1 aromatic rings. The summed E-state index contributed by atoms with van der Waals surface area (Å²) in [6, 6.07) is 0.108. The van der Waals surface area contributed by atoms with Crippen LogP contribution in [0.25, 0.3) is 0 Å². The minimum Gasteiger partial charge on any atom is -0.346 e.